The van der Waals surface area contributed by atoms with Gasteiger partial charge in [0, 0.05) is 12.0 Å². The van der Waals surface area contributed by atoms with Crippen LogP contribution in [0.1, 0.15) is 43.2 Å². The molecular formula is C20H25F3N4O. The van der Waals surface area contributed by atoms with Crippen molar-refractivity contribution in [3.63, 3.8) is 0 Å². The number of piperidine rings is 1. The molecule has 0 saturated carbocycles. The molecule has 28 heavy (non-hydrogen) atoms. The number of likely N-dealkylation sites (tertiary alicyclic amines) is 1. The van der Waals surface area contributed by atoms with E-state index in [9.17, 15) is 18.0 Å². The molecule has 1 aliphatic rings. The second-order valence-electron chi connectivity index (χ2n) is 7.20. The van der Waals surface area contributed by atoms with Gasteiger partial charge in [-0.3, -0.25) is 9.89 Å². The Kier molecular flexibility index (Phi) is 6.39. The van der Waals surface area contributed by atoms with Crippen LogP contribution in [0.15, 0.2) is 24.3 Å². The van der Waals surface area contributed by atoms with Crippen LogP contribution in [0, 0.1) is 6.92 Å². The zero-order chi connectivity index (χ0) is 20.1. The number of nitrogens with one attached hydrogen (secondary N) is 2. The summed E-state index contributed by atoms with van der Waals surface area (Å²) >= 11 is 0. The Bertz CT molecular complexity index is 793. The van der Waals surface area contributed by atoms with Gasteiger partial charge < -0.3 is 10.2 Å². The molecule has 8 heteroatoms. The molecule has 0 aliphatic carbocycles. The fourth-order valence-corrected chi connectivity index (χ4v) is 3.47. The van der Waals surface area contributed by atoms with Crippen molar-refractivity contribution in [3.05, 3.63) is 35.4 Å². The number of halogens is 3. The number of benzene rings is 1. The number of H-pyrrole nitrogens is 1. The van der Waals surface area contributed by atoms with E-state index < -0.39 is 11.7 Å². The number of carbonyl (C=O) groups excluding carboxylic acids is 1. The third-order valence-electron chi connectivity index (χ3n) is 5.10. The van der Waals surface area contributed by atoms with Gasteiger partial charge in [0.25, 0.3) is 0 Å². The number of hydrogen-bond acceptors (Lipinski definition) is 3. The molecule has 2 N–H and O–H groups in total. The Balaban J connectivity index is 1.56. The molecule has 1 amide bonds. The predicted molar refractivity (Wildman–Crippen MR) is 102 cm³/mol. The minimum Gasteiger partial charge on any atom is -0.309 e. The standard InChI is InChI=1S/C20H25F3N4O/c1-14-18(15-7-9-16(10-8-15)20(21,22)23)25-26-19(14)24-17(28)6-5-13-27-11-3-2-4-12-27/h7-10H,2-6,11-13H2,1H3,(H2,24,25,26,28). The lowest BCUT2D eigenvalue weighted by molar-refractivity contribution is -0.137. The smallest absolute Gasteiger partial charge is 0.309 e. The van der Waals surface area contributed by atoms with E-state index in [4.69, 9.17) is 0 Å². The molecule has 2 aromatic rings. The largest absolute Gasteiger partial charge is 0.416 e. The van der Waals surface area contributed by atoms with E-state index in [0.717, 1.165) is 38.2 Å². The second-order valence-corrected chi connectivity index (χ2v) is 7.20. The summed E-state index contributed by atoms with van der Waals surface area (Å²) in [5, 5.41) is 9.71. The molecule has 3 rings (SSSR count). The van der Waals surface area contributed by atoms with E-state index in [1.54, 1.807) is 6.92 Å². The maximum absolute atomic E-state index is 12.7. The number of alkyl halides is 3. The van der Waals surface area contributed by atoms with Crippen LogP contribution in [0.5, 0.6) is 0 Å². The molecule has 0 unspecified atom stereocenters. The number of carbonyl (C=O) groups is 1. The number of aromatic amines is 1. The van der Waals surface area contributed by atoms with Gasteiger partial charge in [-0.1, -0.05) is 18.6 Å². The number of nitrogens with zero attached hydrogens (tertiary/aromatic N) is 2. The summed E-state index contributed by atoms with van der Waals surface area (Å²) in [7, 11) is 0. The van der Waals surface area contributed by atoms with Crippen LogP contribution < -0.4 is 5.32 Å². The van der Waals surface area contributed by atoms with Crippen LogP contribution in [0.25, 0.3) is 11.3 Å². The highest BCUT2D eigenvalue weighted by atomic mass is 19.4. The van der Waals surface area contributed by atoms with Crippen molar-refractivity contribution in [1.29, 1.82) is 0 Å². The van der Waals surface area contributed by atoms with Gasteiger partial charge in [-0.05, 0) is 63.5 Å². The number of amides is 1. The molecule has 5 nitrogen and oxygen atoms in total. The molecule has 152 valence electrons. The van der Waals surface area contributed by atoms with Crippen LogP contribution in [-0.2, 0) is 11.0 Å². The summed E-state index contributed by atoms with van der Waals surface area (Å²) in [6.45, 7) is 4.91. The van der Waals surface area contributed by atoms with Gasteiger partial charge in [0.15, 0.2) is 5.82 Å². The van der Waals surface area contributed by atoms with Gasteiger partial charge in [0.1, 0.15) is 0 Å². The van der Waals surface area contributed by atoms with Crippen molar-refractivity contribution in [2.45, 2.75) is 45.2 Å². The van der Waals surface area contributed by atoms with Crippen LogP contribution in [0.3, 0.4) is 0 Å². The lowest BCUT2D eigenvalue weighted by Crippen LogP contribution is -2.31. The Morgan fingerprint density at radius 2 is 1.86 bits per heavy atom. The SMILES string of the molecule is Cc1c(NC(=O)CCCN2CCCCC2)n[nH]c1-c1ccc(C(F)(F)F)cc1. The Morgan fingerprint density at radius 3 is 2.50 bits per heavy atom. The van der Waals surface area contributed by atoms with Gasteiger partial charge in [-0.2, -0.15) is 18.3 Å². The van der Waals surface area contributed by atoms with E-state index in [-0.39, 0.29) is 5.91 Å². The van der Waals surface area contributed by atoms with Crippen molar-refractivity contribution in [1.82, 2.24) is 15.1 Å². The zero-order valence-corrected chi connectivity index (χ0v) is 15.9. The molecule has 1 saturated heterocycles. The Labute approximate surface area is 162 Å². The highest BCUT2D eigenvalue weighted by Crippen LogP contribution is 2.32. The van der Waals surface area contributed by atoms with Crippen molar-refractivity contribution >= 4 is 11.7 Å². The van der Waals surface area contributed by atoms with E-state index in [0.29, 0.717) is 29.1 Å². The van der Waals surface area contributed by atoms with Crippen LogP contribution in [-0.4, -0.2) is 40.6 Å². The normalized spacial score (nSPS) is 15.6. The van der Waals surface area contributed by atoms with E-state index >= 15 is 0 Å². The van der Waals surface area contributed by atoms with Crippen molar-refractivity contribution in [2.24, 2.45) is 0 Å². The lowest BCUT2D eigenvalue weighted by atomic mass is 10.1. The predicted octanol–water partition coefficient (Wildman–Crippen LogP) is 4.61. The summed E-state index contributed by atoms with van der Waals surface area (Å²) in [6.07, 6.45) is 0.585. The van der Waals surface area contributed by atoms with Gasteiger partial charge >= 0.3 is 6.18 Å². The molecule has 2 heterocycles. The first-order valence-corrected chi connectivity index (χ1v) is 9.59. The summed E-state index contributed by atoms with van der Waals surface area (Å²) in [5.41, 5.74) is 1.18. The maximum atomic E-state index is 12.7. The lowest BCUT2D eigenvalue weighted by Gasteiger charge is -2.26. The molecule has 0 bridgehead atoms. The van der Waals surface area contributed by atoms with E-state index in [1.807, 2.05) is 0 Å². The molecule has 0 atom stereocenters. The monoisotopic (exact) mass is 394 g/mol. The number of anilines is 1. The fraction of sp³-hybridized carbons (Fsp3) is 0.500. The van der Waals surface area contributed by atoms with Crippen molar-refractivity contribution in [3.8, 4) is 11.3 Å². The Morgan fingerprint density at radius 1 is 1.18 bits per heavy atom. The average Bonchev–Trinajstić information content (AvgIpc) is 3.02. The minimum atomic E-state index is -4.37. The molecule has 1 aliphatic heterocycles. The van der Waals surface area contributed by atoms with Gasteiger partial charge in [-0.25, -0.2) is 0 Å². The van der Waals surface area contributed by atoms with Crippen molar-refractivity contribution in [2.75, 3.05) is 25.0 Å². The quantitative estimate of drug-likeness (QED) is 0.752. The van der Waals surface area contributed by atoms with Crippen LogP contribution >= 0.6 is 0 Å². The zero-order valence-electron chi connectivity index (χ0n) is 15.9. The number of rotatable bonds is 6. The highest BCUT2D eigenvalue weighted by Gasteiger charge is 2.30. The molecule has 0 radical (unpaired) electrons. The second kappa shape index (κ2) is 8.77. The third kappa shape index (κ3) is 5.13. The third-order valence-corrected chi connectivity index (χ3v) is 5.10. The number of hydrogen-bond donors (Lipinski definition) is 2. The van der Waals surface area contributed by atoms with Crippen LogP contribution in [0.4, 0.5) is 19.0 Å². The Hall–Kier alpha value is -2.35. The summed E-state index contributed by atoms with van der Waals surface area (Å²) < 4.78 is 38.1. The summed E-state index contributed by atoms with van der Waals surface area (Å²) in [4.78, 5) is 14.6. The molecule has 1 aromatic heterocycles. The summed E-state index contributed by atoms with van der Waals surface area (Å²) in [5.74, 6) is 0.309. The average molecular weight is 394 g/mol. The van der Waals surface area contributed by atoms with Gasteiger partial charge in [0.05, 0.1) is 11.3 Å². The summed E-state index contributed by atoms with van der Waals surface area (Å²) in [6, 6.07) is 4.87. The topological polar surface area (TPSA) is 61.0 Å². The first-order valence-electron chi connectivity index (χ1n) is 9.59. The van der Waals surface area contributed by atoms with Crippen LogP contribution in [0.2, 0.25) is 0 Å². The first-order chi connectivity index (χ1) is 13.3. The van der Waals surface area contributed by atoms with Crippen molar-refractivity contribution < 1.29 is 18.0 Å². The van der Waals surface area contributed by atoms with Gasteiger partial charge in [-0.15, -0.1) is 0 Å². The number of aromatic nitrogens is 2. The first kappa shape index (κ1) is 20.4. The molecule has 1 aromatic carbocycles. The minimum absolute atomic E-state index is 0.106. The highest BCUT2D eigenvalue weighted by molar-refractivity contribution is 5.91. The molecule has 1 fully saturated rings. The van der Waals surface area contributed by atoms with E-state index in [1.165, 1.54) is 31.4 Å². The van der Waals surface area contributed by atoms with E-state index in [2.05, 4.69) is 20.4 Å². The molecular weight excluding hydrogens is 369 g/mol. The molecule has 0 spiro atoms. The fourth-order valence-electron chi connectivity index (χ4n) is 3.47. The maximum Gasteiger partial charge on any atom is 0.416 e. The van der Waals surface area contributed by atoms with Gasteiger partial charge in [0.2, 0.25) is 5.91 Å².